The number of amides is 1. The zero-order chi connectivity index (χ0) is 15.7. The van der Waals surface area contributed by atoms with Crippen molar-refractivity contribution >= 4 is 5.91 Å². The van der Waals surface area contributed by atoms with E-state index in [9.17, 15) is 9.90 Å². The highest BCUT2D eigenvalue weighted by atomic mass is 16.3. The van der Waals surface area contributed by atoms with Crippen LogP contribution in [0, 0.1) is 18.8 Å². The standard InChI is InChI=1S/C19H27NO2/c1-14-5-3-4-6-16(14)11-15-7-9-20(10-8-15)18(21)17-12-19(2,22)13-17/h3-6,15,17,22H,7-13H2,1-2H3/t17-,19+. The maximum atomic E-state index is 12.4. The van der Waals surface area contributed by atoms with Gasteiger partial charge in [0.2, 0.25) is 5.91 Å². The van der Waals surface area contributed by atoms with Gasteiger partial charge in [0, 0.05) is 19.0 Å². The van der Waals surface area contributed by atoms with Gasteiger partial charge in [-0.15, -0.1) is 0 Å². The van der Waals surface area contributed by atoms with Crippen LogP contribution in [0.2, 0.25) is 0 Å². The van der Waals surface area contributed by atoms with Gasteiger partial charge in [-0.3, -0.25) is 4.79 Å². The molecule has 2 fully saturated rings. The van der Waals surface area contributed by atoms with Crippen molar-refractivity contribution in [3.05, 3.63) is 35.4 Å². The van der Waals surface area contributed by atoms with Crippen molar-refractivity contribution in [3.63, 3.8) is 0 Å². The van der Waals surface area contributed by atoms with E-state index >= 15 is 0 Å². The Hall–Kier alpha value is -1.35. The fraction of sp³-hybridized carbons (Fsp3) is 0.632. The zero-order valence-electron chi connectivity index (χ0n) is 13.7. The molecule has 3 heteroatoms. The van der Waals surface area contributed by atoms with Crippen molar-refractivity contribution < 1.29 is 9.90 Å². The fourth-order valence-electron chi connectivity index (χ4n) is 3.94. The molecule has 1 aromatic rings. The monoisotopic (exact) mass is 301 g/mol. The molecule has 0 atom stereocenters. The molecule has 1 aliphatic heterocycles. The summed E-state index contributed by atoms with van der Waals surface area (Å²) in [5.41, 5.74) is 2.21. The molecule has 0 bridgehead atoms. The predicted molar refractivity (Wildman–Crippen MR) is 87.5 cm³/mol. The molecular formula is C19H27NO2. The average molecular weight is 301 g/mol. The molecule has 1 saturated heterocycles. The second-order valence-corrected chi connectivity index (χ2v) is 7.50. The number of piperidine rings is 1. The van der Waals surface area contributed by atoms with Crippen LogP contribution >= 0.6 is 0 Å². The second-order valence-electron chi connectivity index (χ2n) is 7.50. The highest BCUT2D eigenvalue weighted by Gasteiger charge is 2.44. The number of nitrogens with zero attached hydrogens (tertiary/aromatic N) is 1. The molecule has 1 aliphatic carbocycles. The lowest BCUT2D eigenvalue weighted by atomic mass is 9.71. The van der Waals surface area contributed by atoms with Crippen molar-refractivity contribution in [2.45, 2.75) is 51.6 Å². The number of rotatable bonds is 3. The molecule has 22 heavy (non-hydrogen) atoms. The van der Waals surface area contributed by atoms with E-state index < -0.39 is 5.60 Å². The van der Waals surface area contributed by atoms with Crippen LogP contribution in [0.15, 0.2) is 24.3 Å². The molecule has 0 spiro atoms. The normalized spacial score (nSPS) is 29.2. The number of likely N-dealkylation sites (tertiary alicyclic amines) is 1. The lowest BCUT2D eigenvalue weighted by Gasteiger charge is -2.43. The molecule has 0 unspecified atom stereocenters. The highest BCUT2D eigenvalue weighted by molar-refractivity contribution is 5.80. The molecule has 0 radical (unpaired) electrons. The maximum absolute atomic E-state index is 12.4. The van der Waals surface area contributed by atoms with Crippen molar-refractivity contribution in [2.75, 3.05) is 13.1 Å². The maximum Gasteiger partial charge on any atom is 0.225 e. The Morgan fingerprint density at radius 2 is 1.91 bits per heavy atom. The fourth-order valence-corrected chi connectivity index (χ4v) is 3.94. The lowest BCUT2D eigenvalue weighted by Crippen LogP contribution is -2.51. The summed E-state index contributed by atoms with van der Waals surface area (Å²) in [6.07, 6.45) is 4.60. The average Bonchev–Trinajstić information content (AvgIpc) is 2.47. The van der Waals surface area contributed by atoms with Crippen molar-refractivity contribution in [1.82, 2.24) is 4.90 Å². The summed E-state index contributed by atoms with van der Waals surface area (Å²) in [5, 5.41) is 9.79. The number of aliphatic hydroxyl groups is 1. The van der Waals surface area contributed by atoms with Gasteiger partial charge in [-0.1, -0.05) is 24.3 Å². The molecule has 120 valence electrons. The minimum atomic E-state index is -0.608. The Bertz CT molecular complexity index is 536. The van der Waals surface area contributed by atoms with Crippen LogP contribution in [0.25, 0.3) is 0 Å². The molecule has 1 amide bonds. The molecule has 1 heterocycles. The molecule has 0 aromatic heterocycles. The Morgan fingerprint density at radius 3 is 2.50 bits per heavy atom. The Balaban J connectivity index is 1.48. The lowest BCUT2D eigenvalue weighted by molar-refractivity contribution is -0.151. The summed E-state index contributed by atoms with van der Waals surface area (Å²) in [5.74, 6) is 1.01. The number of carbonyl (C=O) groups is 1. The first-order valence-electron chi connectivity index (χ1n) is 8.50. The highest BCUT2D eigenvalue weighted by Crippen LogP contribution is 2.39. The van der Waals surface area contributed by atoms with Crippen molar-refractivity contribution in [2.24, 2.45) is 11.8 Å². The Kier molecular flexibility index (Phi) is 4.26. The molecule has 1 saturated carbocycles. The van der Waals surface area contributed by atoms with Crippen LogP contribution in [0.1, 0.15) is 43.7 Å². The van der Waals surface area contributed by atoms with Gasteiger partial charge >= 0.3 is 0 Å². The molecule has 2 aliphatic rings. The summed E-state index contributed by atoms with van der Waals surface area (Å²) >= 11 is 0. The van der Waals surface area contributed by atoms with Crippen LogP contribution in [0.3, 0.4) is 0 Å². The predicted octanol–water partition coefficient (Wildman–Crippen LogP) is 2.94. The van der Waals surface area contributed by atoms with Gasteiger partial charge < -0.3 is 10.0 Å². The summed E-state index contributed by atoms with van der Waals surface area (Å²) in [7, 11) is 0. The SMILES string of the molecule is Cc1ccccc1CC1CCN(C(=O)[C@H]2C[C@@](C)(O)C2)CC1. The first kappa shape index (κ1) is 15.5. The number of hydrogen-bond acceptors (Lipinski definition) is 2. The van der Waals surface area contributed by atoms with Gasteiger partial charge in [-0.05, 0) is 63.0 Å². The summed E-state index contributed by atoms with van der Waals surface area (Å²) in [6.45, 7) is 5.77. The van der Waals surface area contributed by atoms with E-state index in [1.807, 2.05) is 11.8 Å². The zero-order valence-corrected chi connectivity index (χ0v) is 13.7. The Morgan fingerprint density at radius 1 is 1.27 bits per heavy atom. The number of hydrogen-bond donors (Lipinski definition) is 1. The Labute approximate surface area is 133 Å². The minimum absolute atomic E-state index is 0.0583. The van der Waals surface area contributed by atoms with E-state index in [0.29, 0.717) is 18.8 Å². The first-order chi connectivity index (χ1) is 10.4. The van der Waals surface area contributed by atoms with E-state index in [0.717, 1.165) is 32.4 Å². The minimum Gasteiger partial charge on any atom is -0.390 e. The van der Waals surface area contributed by atoms with Crippen molar-refractivity contribution in [1.29, 1.82) is 0 Å². The summed E-state index contributed by atoms with van der Waals surface area (Å²) in [4.78, 5) is 14.4. The van der Waals surface area contributed by atoms with Crippen LogP contribution in [0.5, 0.6) is 0 Å². The molecule has 3 nitrogen and oxygen atoms in total. The number of aryl methyl sites for hydroxylation is 1. The molecular weight excluding hydrogens is 274 g/mol. The molecule has 3 rings (SSSR count). The van der Waals surface area contributed by atoms with Gasteiger partial charge in [0.15, 0.2) is 0 Å². The van der Waals surface area contributed by atoms with Crippen LogP contribution in [-0.4, -0.2) is 34.6 Å². The number of carbonyl (C=O) groups excluding carboxylic acids is 1. The second kappa shape index (κ2) is 6.04. The molecule has 1 N–H and O–H groups in total. The third kappa shape index (κ3) is 3.35. The quantitative estimate of drug-likeness (QED) is 0.932. The van der Waals surface area contributed by atoms with Gasteiger partial charge in [0.05, 0.1) is 5.60 Å². The largest absolute Gasteiger partial charge is 0.390 e. The van der Waals surface area contributed by atoms with Gasteiger partial charge in [0.25, 0.3) is 0 Å². The van der Waals surface area contributed by atoms with Crippen molar-refractivity contribution in [3.8, 4) is 0 Å². The van der Waals surface area contributed by atoms with Gasteiger partial charge in [-0.2, -0.15) is 0 Å². The molecule has 1 aromatic carbocycles. The van der Waals surface area contributed by atoms with E-state index in [2.05, 4.69) is 31.2 Å². The van der Waals surface area contributed by atoms with E-state index in [1.54, 1.807) is 0 Å². The topological polar surface area (TPSA) is 40.5 Å². The van der Waals surface area contributed by atoms with Crippen LogP contribution in [0.4, 0.5) is 0 Å². The third-order valence-electron chi connectivity index (χ3n) is 5.42. The van der Waals surface area contributed by atoms with Crippen LogP contribution in [-0.2, 0) is 11.2 Å². The third-order valence-corrected chi connectivity index (χ3v) is 5.42. The van der Waals surface area contributed by atoms with Crippen LogP contribution < -0.4 is 0 Å². The van der Waals surface area contributed by atoms with E-state index in [4.69, 9.17) is 0 Å². The summed E-state index contributed by atoms with van der Waals surface area (Å²) in [6, 6.07) is 8.61. The van der Waals surface area contributed by atoms with E-state index in [1.165, 1.54) is 11.1 Å². The van der Waals surface area contributed by atoms with E-state index in [-0.39, 0.29) is 11.8 Å². The van der Waals surface area contributed by atoms with Gasteiger partial charge in [0.1, 0.15) is 0 Å². The first-order valence-corrected chi connectivity index (χ1v) is 8.50. The smallest absolute Gasteiger partial charge is 0.225 e. The van der Waals surface area contributed by atoms with Gasteiger partial charge in [-0.25, -0.2) is 0 Å². The summed E-state index contributed by atoms with van der Waals surface area (Å²) < 4.78 is 0. The number of benzene rings is 1.